The molecule has 0 aromatic carbocycles. The smallest absolute Gasteiger partial charge is 0.255 e. The molecule has 0 radical (unpaired) electrons. The molecule has 114 valence electrons. The number of rotatable bonds is 2. The maximum absolute atomic E-state index is 12.8. The number of nitrogens with one attached hydrogen (secondary N) is 1. The highest BCUT2D eigenvalue weighted by molar-refractivity contribution is 6.31. The first-order chi connectivity index (χ1) is 10.6. The molecule has 22 heavy (non-hydrogen) atoms. The molecule has 5 nitrogen and oxygen atoms in total. The number of hydrogen-bond donors (Lipinski definition) is 1. The minimum Gasteiger partial charge on any atom is -0.345 e. The number of halogens is 1. The first-order valence-corrected chi connectivity index (χ1v) is 8.17. The lowest BCUT2D eigenvalue weighted by molar-refractivity contribution is 0.0802. The zero-order chi connectivity index (χ0) is 14.9. The SMILES string of the molecule is O=C(NC12CC3CN(CC3C1)C2)c1cc(Cl)cn2ccnc12. The van der Waals surface area contributed by atoms with Crippen molar-refractivity contribution in [3.05, 3.63) is 35.2 Å². The Kier molecular flexibility index (Phi) is 2.48. The predicted octanol–water partition coefficient (Wildman–Crippen LogP) is 1.81. The molecular formula is C16H17ClN4O. The number of piperidine rings is 2. The molecule has 1 aliphatic carbocycles. The van der Waals surface area contributed by atoms with Crippen molar-refractivity contribution in [2.24, 2.45) is 11.8 Å². The predicted molar refractivity (Wildman–Crippen MR) is 83.1 cm³/mol. The zero-order valence-corrected chi connectivity index (χ0v) is 12.9. The molecule has 2 atom stereocenters. The fourth-order valence-electron chi connectivity index (χ4n) is 4.89. The zero-order valence-electron chi connectivity index (χ0n) is 12.1. The van der Waals surface area contributed by atoms with Crippen LogP contribution < -0.4 is 5.32 Å². The lowest BCUT2D eigenvalue weighted by atomic mass is 9.90. The van der Waals surface area contributed by atoms with Gasteiger partial charge in [0, 0.05) is 38.2 Å². The Balaban J connectivity index is 1.48. The summed E-state index contributed by atoms with van der Waals surface area (Å²) in [5, 5.41) is 3.87. The number of amides is 1. The average Bonchev–Trinajstić information content (AvgIpc) is 3.08. The molecule has 1 amide bonds. The normalized spacial score (nSPS) is 35.4. The van der Waals surface area contributed by atoms with Crippen LogP contribution >= 0.6 is 11.6 Å². The third-order valence-corrected chi connectivity index (χ3v) is 5.77. The van der Waals surface area contributed by atoms with E-state index in [9.17, 15) is 4.79 Å². The molecule has 2 aromatic rings. The average molecular weight is 317 g/mol. The third kappa shape index (κ3) is 1.75. The lowest BCUT2D eigenvalue weighted by Gasteiger charge is -2.40. The summed E-state index contributed by atoms with van der Waals surface area (Å²) in [5.74, 6) is 1.47. The number of imidazole rings is 1. The van der Waals surface area contributed by atoms with Gasteiger partial charge in [-0.1, -0.05) is 11.6 Å². The standard InChI is InChI=1S/C16H17ClN4O/c17-12-3-13(14-18-1-2-21(14)8-12)15(22)19-16-4-10-6-20(9-16)7-11(10)5-16/h1-3,8,10-11H,4-7,9H2,(H,19,22). The van der Waals surface area contributed by atoms with Gasteiger partial charge in [-0.3, -0.25) is 4.79 Å². The van der Waals surface area contributed by atoms with E-state index in [4.69, 9.17) is 11.6 Å². The summed E-state index contributed by atoms with van der Waals surface area (Å²) in [7, 11) is 0. The summed E-state index contributed by atoms with van der Waals surface area (Å²) in [6.07, 6.45) is 7.50. The topological polar surface area (TPSA) is 49.6 Å². The summed E-state index contributed by atoms with van der Waals surface area (Å²) in [6.45, 7) is 3.41. The van der Waals surface area contributed by atoms with E-state index in [0.717, 1.165) is 31.2 Å². The van der Waals surface area contributed by atoms with Crippen LogP contribution in [0.4, 0.5) is 0 Å². The van der Waals surface area contributed by atoms with E-state index in [1.54, 1.807) is 22.9 Å². The summed E-state index contributed by atoms with van der Waals surface area (Å²) in [4.78, 5) is 19.6. The fourth-order valence-corrected chi connectivity index (χ4v) is 5.10. The molecule has 4 fully saturated rings. The maximum Gasteiger partial charge on any atom is 0.255 e. The Morgan fingerprint density at radius 2 is 2.14 bits per heavy atom. The highest BCUT2D eigenvalue weighted by Crippen LogP contribution is 2.49. The van der Waals surface area contributed by atoms with Crippen molar-refractivity contribution in [2.75, 3.05) is 19.6 Å². The minimum atomic E-state index is -0.0538. The van der Waals surface area contributed by atoms with Gasteiger partial charge in [0.05, 0.1) is 16.1 Å². The van der Waals surface area contributed by atoms with Crippen LogP contribution in [0.1, 0.15) is 23.2 Å². The first kappa shape index (κ1) is 12.9. The number of carbonyl (C=O) groups excluding carboxylic acids is 1. The summed E-state index contributed by atoms with van der Waals surface area (Å²) < 4.78 is 1.80. The number of carbonyl (C=O) groups is 1. The number of hydrogen-bond acceptors (Lipinski definition) is 3. The van der Waals surface area contributed by atoms with Crippen molar-refractivity contribution in [1.29, 1.82) is 0 Å². The number of fused-ring (bicyclic) bond motifs is 1. The first-order valence-electron chi connectivity index (χ1n) is 7.79. The van der Waals surface area contributed by atoms with E-state index >= 15 is 0 Å². The number of nitrogens with zero attached hydrogens (tertiary/aromatic N) is 3. The lowest BCUT2D eigenvalue weighted by Crippen LogP contribution is -2.58. The van der Waals surface area contributed by atoms with Gasteiger partial charge < -0.3 is 14.6 Å². The van der Waals surface area contributed by atoms with Gasteiger partial charge in [-0.15, -0.1) is 0 Å². The molecule has 5 heterocycles. The van der Waals surface area contributed by atoms with Crippen LogP contribution in [0, 0.1) is 11.8 Å². The molecule has 6 rings (SSSR count). The molecule has 1 N–H and O–H groups in total. The quantitative estimate of drug-likeness (QED) is 0.919. The molecule has 3 aliphatic heterocycles. The van der Waals surface area contributed by atoms with Crippen LogP contribution in [0.5, 0.6) is 0 Å². The molecule has 2 unspecified atom stereocenters. The van der Waals surface area contributed by atoms with Gasteiger partial charge >= 0.3 is 0 Å². The molecule has 1 saturated carbocycles. The second-order valence-electron chi connectivity index (χ2n) is 7.09. The van der Waals surface area contributed by atoms with Crippen molar-refractivity contribution in [1.82, 2.24) is 19.6 Å². The van der Waals surface area contributed by atoms with Crippen LogP contribution in [0.3, 0.4) is 0 Å². The molecule has 2 aromatic heterocycles. The van der Waals surface area contributed by atoms with Crippen molar-refractivity contribution in [2.45, 2.75) is 18.4 Å². The Morgan fingerprint density at radius 1 is 1.36 bits per heavy atom. The molecule has 4 aliphatic rings. The van der Waals surface area contributed by atoms with E-state index in [-0.39, 0.29) is 11.4 Å². The van der Waals surface area contributed by atoms with E-state index in [2.05, 4.69) is 15.2 Å². The van der Waals surface area contributed by atoms with Gasteiger partial charge in [0.1, 0.15) is 5.65 Å². The van der Waals surface area contributed by atoms with Crippen LogP contribution in [0.2, 0.25) is 5.02 Å². The van der Waals surface area contributed by atoms with Crippen molar-refractivity contribution >= 4 is 23.2 Å². The van der Waals surface area contributed by atoms with Gasteiger partial charge in [0.25, 0.3) is 5.91 Å². The molecule has 0 spiro atoms. The molecular weight excluding hydrogens is 300 g/mol. The Bertz CT molecular complexity index is 766. The second kappa shape index (κ2) is 4.24. The van der Waals surface area contributed by atoms with E-state index in [1.165, 1.54) is 13.1 Å². The molecule has 3 saturated heterocycles. The van der Waals surface area contributed by atoms with Crippen molar-refractivity contribution in [3.8, 4) is 0 Å². The Morgan fingerprint density at radius 3 is 2.86 bits per heavy atom. The van der Waals surface area contributed by atoms with E-state index in [0.29, 0.717) is 16.2 Å². The van der Waals surface area contributed by atoms with Gasteiger partial charge in [0.2, 0.25) is 0 Å². The van der Waals surface area contributed by atoms with Gasteiger partial charge in [-0.2, -0.15) is 0 Å². The van der Waals surface area contributed by atoms with E-state index in [1.807, 2.05) is 6.20 Å². The Labute approximate surface area is 133 Å². The third-order valence-electron chi connectivity index (χ3n) is 5.56. The van der Waals surface area contributed by atoms with Crippen LogP contribution in [-0.4, -0.2) is 45.4 Å². The fraction of sp³-hybridized carbons (Fsp3) is 0.500. The molecule has 4 bridgehead atoms. The van der Waals surface area contributed by atoms with E-state index < -0.39 is 0 Å². The summed E-state index contributed by atoms with van der Waals surface area (Å²) in [5.41, 5.74) is 1.17. The minimum absolute atomic E-state index is 0.0468. The largest absolute Gasteiger partial charge is 0.345 e. The van der Waals surface area contributed by atoms with Gasteiger partial charge in [-0.25, -0.2) is 4.98 Å². The number of pyridine rings is 1. The van der Waals surface area contributed by atoms with Crippen LogP contribution in [-0.2, 0) is 0 Å². The van der Waals surface area contributed by atoms with Gasteiger partial charge in [0.15, 0.2) is 0 Å². The van der Waals surface area contributed by atoms with Crippen LogP contribution in [0.25, 0.3) is 5.65 Å². The second-order valence-corrected chi connectivity index (χ2v) is 7.52. The van der Waals surface area contributed by atoms with Gasteiger partial charge in [-0.05, 0) is 30.7 Å². The van der Waals surface area contributed by atoms with Crippen LogP contribution in [0.15, 0.2) is 24.7 Å². The van der Waals surface area contributed by atoms with Crippen molar-refractivity contribution < 1.29 is 4.79 Å². The number of aromatic nitrogens is 2. The highest BCUT2D eigenvalue weighted by Gasteiger charge is 2.55. The Hall–Kier alpha value is -1.59. The summed E-state index contributed by atoms with van der Waals surface area (Å²) >= 11 is 6.14. The van der Waals surface area contributed by atoms with Crippen molar-refractivity contribution in [3.63, 3.8) is 0 Å². The summed E-state index contributed by atoms with van der Waals surface area (Å²) in [6, 6.07) is 1.71. The highest BCUT2D eigenvalue weighted by atomic mass is 35.5. The maximum atomic E-state index is 12.8. The monoisotopic (exact) mass is 316 g/mol. The molecule has 6 heteroatoms.